The Morgan fingerprint density at radius 1 is 1.67 bits per heavy atom. The molecule has 0 saturated heterocycles. The SMILES string of the molecule is CCOC(C)c1nc(CNC2CC2)cs1. The van der Waals surface area contributed by atoms with E-state index in [1.54, 1.807) is 11.3 Å². The summed E-state index contributed by atoms with van der Waals surface area (Å²) in [5, 5.41) is 6.67. The van der Waals surface area contributed by atoms with Gasteiger partial charge < -0.3 is 10.1 Å². The van der Waals surface area contributed by atoms with Crippen molar-refractivity contribution in [2.45, 2.75) is 45.4 Å². The monoisotopic (exact) mass is 226 g/mol. The molecule has 0 bridgehead atoms. The van der Waals surface area contributed by atoms with Gasteiger partial charge in [0, 0.05) is 24.6 Å². The standard InChI is InChI=1S/C11H18N2OS/c1-3-14-8(2)11-13-10(7-15-11)6-12-9-4-5-9/h7-9,12H,3-6H2,1-2H3. The predicted molar refractivity (Wildman–Crippen MR) is 62.0 cm³/mol. The summed E-state index contributed by atoms with van der Waals surface area (Å²) in [7, 11) is 0. The highest BCUT2D eigenvalue weighted by molar-refractivity contribution is 7.09. The molecule has 0 aromatic carbocycles. The van der Waals surface area contributed by atoms with Gasteiger partial charge in [-0.25, -0.2) is 4.98 Å². The molecule has 15 heavy (non-hydrogen) atoms. The van der Waals surface area contributed by atoms with E-state index in [9.17, 15) is 0 Å². The van der Waals surface area contributed by atoms with Crippen molar-refractivity contribution in [3.8, 4) is 0 Å². The van der Waals surface area contributed by atoms with Crippen LogP contribution >= 0.6 is 11.3 Å². The van der Waals surface area contributed by atoms with Gasteiger partial charge in [0.1, 0.15) is 11.1 Å². The van der Waals surface area contributed by atoms with E-state index in [2.05, 4.69) is 22.6 Å². The van der Waals surface area contributed by atoms with Crippen molar-refractivity contribution in [3.05, 3.63) is 16.1 Å². The van der Waals surface area contributed by atoms with Crippen LogP contribution in [0.3, 0.4) is 0 Å². The van der Waals surface area contributed by atoms with E-state index in [4.69, 9.17) is 4.74 Å². The maximum absolute atomic E-state index is 5.51. The Hall–Kier alpha value is -0.450. The molecule has 2 rings (SSSR count). The molecule has 3 nitrogen and oxygen atoms in total. The van der Waals surface area contributed by atoms with Crippen LogP contribution in [0.5, 0.6) is 0 Å². The van der Waals surface area contributed by atoms with Crippen LogP contribution in [-0.2, 0) is 11.3 Å². The molecule has 0 radical (unpaired) electrons. The molecule has 1 N–H and O–H groups in total. The first-order valence-electron chi connectivity index (χ1n) is 5.59. The van der Waals surface area contributed by atoms with Gasteiger partial charge in [-0.3, -0.25) is 0 Å². The van der Waals surface area contributed by atoms with Crippen molar-refractivity contribution in [3.63, 3.8) is 0 Å². The lowest BCUT2D eigenvalue weighted by atomic mass is 10.4. The van der Waals surface area contributed by atoms with Gasteiger partial charge in [0.05, 0.1) is 5.69 Å². The van der Waals surface area contributed by atoms with E-state index in [1.165, 1.54) is 12.8 Å². The van der Waals surface area contributed by atoms with Crippen molar-refractivity contribution in [2.75, 3.05) is 6.61 Å². The molecule has 1 aromatic rings. The molecule has 1 aliphatic rings. The summed E-state index contributed by atoms with van der Waals surface area (Å²) < 4.78 is 5.51. The Bertz CT molecular complexity index is 309. The van der Waals surface area contributed by atoms with Gasteiger partial charge in [-0.15, -0.1) is 11.3 Å². The summed E-state index contributed by atoms with van der Waals surface area (Å²) in [4.78, 5) is 4.56. The first-order chi connectivity index (χ1) is 7.29. The van der Waals surface area contributed by atoms with Crippen LogP contribution in [-0.4, -0.2) is 17.6 Å². The van der Waals surface area contributed by atoms with Crippen LogP contribution in [0.25, 0.3) is 0 Å². The number of ether oxygens (including phenoxy) is 1. The third-order valence-electron chi connectivity index (χ3n) is 2.48. The fourth-order valence-electron chi connectivity index (χ4n) is 1.45. The molecular weight excluding hydrogens is 208 g/mol. The van der Waals surface area contributed by atoms with Crippen LogP contribution in [0, 0.1) is 0 Å². The van der Waals surface area contributed by atoms with E-state index in [-0.39, 0.29) is 6.10 Å². The van der Waals surface area contributed by atoms with Crippen LogP contribution < -0.4 is 5.32 Å². The number of aromatic nitrogens is 1. The average molecular weight is 226 g/mol. The molecule has 0 spiro atoms. The molecule has 0 aliphatic heterocycles. The van der Waals surface area contributed by atoms with Crippen molar-refractivity contribution in [2.24, 2.45) is 0 Å². The van der Waals surface area contributed by atoms with Crippen LogP contribution in [0.15, 0.2) is 5.38 Å². The second-order valence-electron chi connectivity index (χ2n) is 3.93. The Morgan fingerprint density at radius 3 is 3.13 bits per heavy atom. The lowest BCUT2D eigenvalue weighted by Crippen LogP contribution is -2.15. The second kappa shape index (κ2) is 5.05. The zero-order chi connectivity index (χ0) is 10.7. The first-order valence-corrected chi connectivity index (χ1v) is 6.47. The minimum Gasteiger partial charge on any atom is -0.372 e. The first kappa shape index (κ1) is 11.0. The third kappa shape index (κ3) is 3.26. The predicted octanol–water partition coefficient (Wildman–Crippen LogP) is 2.49. The van der Waals surface area contributed by atoms with Gasteiger partial charge in [-0.2, -0.15) is 0 Å². The molecule has 1 fully saturated rings. The number of nitrogens with zero attached hydrogens (tertiary/aromatic N) is 1. The van der Waals surface area contributed by atoms with Gasteiger partial charge in [0.15, 0.2) is 0 Å². The fraction of sp³-hybridized carbons (Fsp3) is 0.727. The normalized spacial score (nSPS) is 18.0. The van der Waals surface area contributed by atoms with Gasteiger partial charge in [0.25, 0.3) is 0 Å². The van der Waals surface area contributed by atoms with Crippen molar-refractivity contribution in [1.29, 1.82) is 0 Å². The maximum Gasteiger partial charge on any atom is 0.122 e. The summed E-state index contributed by atoms with van der Waals surface area (Å²) >= 11 is 1.69. The van der Waals surface area contributed by atoms with E-state index in [0.29, 0.717) is 0 Å². The number of hydrogen-bond acceptors (Lipinski definition) is 4. The highest BCUT2D eigenvalue weighted by Crippen LogP contribution is 2.22. The smallest absolute Gasteiger partial charge is 0.122 e. The van der Waals surface area contributed by atoms with Crippen LogP contribution in [0.2, 0.25) is 0 Å². The maximum atomic E-state index is 5.51. The lowest BCUT2D eigenvalue weighted by molar-refractivity contribution is 0.0761. The summed E-state index contributed by atoms with van der Waals surface area (Å²) in [6, 6.07) is 0.750. The van der Waals surface area contributed by atoms with Crippen molar-refractivity contribution >= 4 is 11.3 Å². The number of rotatable bonds is 6. The van der Waals surface area contributed by atoms with Gasteiger partial charge in [0.2, 0.25) is 0 Å². The average Bonchev–Trinajstić information content (AvgIpc) is 2.93. The zero-order valence-electron chi connectivity index (χ0n) is 9.32. The quantitative estimate of drug-likeness (QED) is 0.809. The van der Waals surface area contributed by atoms with Gasteiger partial charge in [-0.1, -0.05) is 0 Å². The molecule has 0 amide bonds. The molecule has 1 atom stereocenters. The third-order valence-corrected chi connectivity index (χ3v) is 3.54. The minimum atomic E-state index is 0.134. The molecule has 4 heteroatoms. The molecule has 1 saturated carbocycles. The molecular formula is C11H18N2OS. The highest BCUT2D eigenvalue weighted by atomic mass is 32.1. The van der Waals surface area contributed by atoms with E-state index in [1.807, 2.05) is 6.92 Å². The Kier molecular flexibility index (Phi) is 3.72. The van der Waals surface area contributed by atoms with E-state index in [0.717, 1.165) is 29.9 Å². The van der Waals surface area contributed by atoms with Crippen LogP contribution in [0.4, 0.5) is 0 Å². The van der Waals surface area contributed by atoms with Crippen LogP contribution in [0.1, 0.15) is 43.5 Å². The Balaban J connectivity index is 1.84. The van der Waals surface area contributed by atoms with Gasteiger partial charge in [-0.05, 0) is 26.7 Å². The molecule has 1 heterocycles. The highest BCUT2D eigenvalue weighted by Gasteiger charge is 2.20. The minimum absolute atomic E-state index is 0.134. The Morgan fingerprint density at radius 2 is 2.47 bits per heavy atom. The number of hydrogen-bond donors (Lipinski definition) is 1. The number of thiazole rings is 1. The van der Waals surface area contributed by atoms with E-state index >= 15 is 0 Å². The molecule has 1 aliphatic carbocycles. The van der Waals surface area contributed by atoms with Gasteiger partial charge >= 0.3 is 0 Å². The fourth-order valence-corrected chi connectivity index (χ4v) is 2.27. The van der Waals surface area contributed by atoms with E-state index < -0.39 is 0 Å². The summed E-state index contributed by atoms with van der Waals surface area (Å²) in [6.07, 6.45) is 2.79. The largest absolute Gasteiger partial charge is 0.372 e. The second-order valence-corrected chi connectivity index (χ2v) is 4.82. The summed E-state index contributed by atoms with van der Waals surface area (Å²) in [6.45, 7) is 5.72. The lowest BCUT2D eigenvalue weighted by Gasteiger charge is -2.07. The molecule has 1 unspecified atom stereocenters. The Labute approximate surface area is 94.9 Å². The molecule has 1 aromatic heterocycles. The van der Waals surface area contributed by atoms with Crippen molar-refractivity contribution < 1.29 is 4.74 Å². The topological polar surface area (TPSA) is 34.1 Å². The zero-order valence-corrected chi connectivity index (χ0v) is 10.1. The molecule has 84 valence electrons. The summed E-state index contributed by atoms with van der Waals surface area (Å²) in [5.41, 5.74) is 1.15. The summed E-state index contributed by atoms with van der Waals surface area (Å²) in [5.74, 6) is 0. The number of nitrogens with one attached hydrogen (secondary N) is 1. The van der Waals surface area contributed by atoms with Crippen molar-refractivity contribution in [1.82, 2.24) is 10.3 Å².